The van der Waals surface area contributed by atoms with E-state index in [0.29, 0.717) is 18.5 Å². The largest absolute Gasteiger partial charge is 0.376 e. The molecule has 0 radical (unpaired) electrons. The van der Waals surface area contributed by atoms with Crippen LogP contribution in [0.3, 0.4) is 0 Å². The Morgan fingerprint density at radius 3 is 3.00 bits per heavy atom. The van der Waals surface area contributed by atoms with E-state index in [1.807, 2.05) is 0 Å². The summed E-state index contributed by atoms with van der Waals surface area (Å²) in [6, 6.07) is 0. The molecule has 0 bridgehead atoms. The van der Waals surface area contributed by atoms with Crippen molar-refractivity contribution in [2.24, 2.45) is 0 Å². The Balaban J connectivity index is 1.72. The van der Waals surface area contributed by atoms with Crippen LogP contribution in [0.25, 0.3) is 0 Å². The summed E-state index contributed by atoms with van der Waals surface area (Å²) >= 11 is 9.08. The molecule has 1 N–H and O–H groups in total. The first-order valence-electron chi connectivity index (χ1n) is 5.79. The average molecular weight is 321 g/mol. The van der Waals surface area contributed by atoms with Crippen molar-refractivity contribution in [3.05, 3.63) is 16.0 Å². The highest BCUT2D eigenvalue weighted by Gasteiger charge is 2.14. The molecule has 1 saturated carbocycles. The van der Waals surface area contributed by atoms with Gasteiger partial charge in [0.2, 0.25) is 5.28 Å². The fourth-order valence-electron chi connectivity index (χ4n) is 1.92. The highest BCUT2D eigenvalue weighted by atomic mass is 79.9. The molecule has 94 valence electrons. The first-order chi connectivity index (χ1) is 8.25. The molecular weight excluding hydrogens is 305 g/mol. The van der Waals surface area contributed by atoms with E-state index in [0.717, 1.165) is 11.0 Å². The lowest BCUT2D eigenvalue weighted by molar-refractivity contribution is 0.0658. The summed E-state index contributed by atoms with van der Waals surface area (Å²) in [4.78, 5) is 7.95. The molecule has 4 nitrogen and oxygen atoms in total. The predicted molar refractivity (Wildman–Crippen MR) is 71.4 cm³/mol. The lowest BCUT2D eigenvalue weighted by atomic mass is 10.3. The Bertz CT molecular complexity index is 372. The van der Waals surface area contributed by atoms with Crippen LogP contribution in [0, 0.1) is 0 Å². The van der Waals surface area contributed by atoms with Crippen LogP contribution in [-0.4, -0.2) is 29.2 Å². The summed E-state index contributed by atoms with van der Waals surface area (Å²) in [6.45, 7) is 1.42. The van der Waals surface area contributed by atoms with Crippen molar-refractivity contribution in [3.63, 3.8) is 0 Å². The molecule has 0 aromatic carbocycles. The Labute approximate surface area is 114 Å². The zero-order valence-corrected chi connectivity index (χ0v) is 11.8. The summed E-state index contributed by atoms with van der Waals surface area (Å²) in [7, 11) is 0. The quantitative estimate of drug-likeness (QED) is 0.668. The molecule has 1 aliphatic carbocycles. The van der Waals surface area contributed by atoms with Gasteiger partial charge in [0.15, 0.2) is 0 Å². The van der Waals surface area contributed by atoms with Crippen LogP contribution in [-0.2, 0) is 4.74 Å². The van der Waals surface area contributed by atoms with E-state index < -0.39 is 0 Å². The minimum absolute atomic E-state index is 0.243. The number of hydrogen-bond donors (Lipinski definition) is 1. The third-order valence-corrected chi connectivity index (χ3v) is 3.53. The monoisotopic (exact) mass is 319 g/mol. The van der Waals surface area contributed by atoms with Crippen LogP contribution in [0.15, 0.2) is 10.7 Å². The van der Waals surface area contributed by atoms with Crippen molar-refractivity contribution in [2.45, 2.75) is 31.8 Å². The number of anilines is 1. The molecule has 0 atom stereocenters. The summed E-state index contributed by atoms with van der Waals surface area (Å²) < 4.78 is 6.55. The number of hydrogen-bond acceptors (Lipinski definition) is 4. The lowest BCUT2D eigenvalue weighted by Crippen LogP contribution is -2.16. The highest BCUT2D eigenvalue weighted by Crippen LogP contribution is 2.21. The van der Waals surface area contributed by atoms with Gasteiger partial charge in [-0.15, -0.1) is 0 Å². The van der Waals surface area contributed by atoms with Gasteiger partial charge in [0.1, 0.15) is 5.82 Å². The third-order valence-electron chi connectivity index (χ3n) is 2.76. The number of rotatable bonds is 5. The number of nitrogens with zero attached hydrogens (tertiary/aromatic N) is 2. The van der Waals surface area contributed by atoms with Crippen molar-refractivity contribution in [2.75, 3.05) is 18.5 Å². The van der Waals surface area contributed by atoms with Crippen LogP contribution < -0.4 is 5.32 Å². The molecule has 0 saturated heterocycles. The molecule has 1 aromatic heterocycles. The first-order valence-corrected chi connectivity index (χ1v) is 6.96. The minimum Gasteiger partial charge on any atom is -0.376 e. The van der Waals surface area contributed by atoms with Crippen LogP contribution in [0.2, 0.25) is 5.28 Å². The molecule has 0 amide bonds. The van der Waals surface area contributed by atoms with Gasteiger partial charge in [-0.1, -0.05) is 12.8 Å². The lowest BCUT2D eigenvalue weighted by Gasteiger charge is -2.12. The van der Waals surface area contributed by atoms with Gasteiger partial charge >= 0.3 is 0 Å². The minimum atomic E-state index is 0.243. The molecule has 6 heteroatoms. The van der Waals surface area contributed by atoms with E-state index in [2.05, 4.69) is 31.2 Å². The first kappa shape index (κ1) is 13.1. The standard InChI is InChI=1S/C11H15BrClN3O/c12-9-7-15-11(13)16-10(9)14-5-6-17-8-3-1-2-4-8/h7-8H,1-6H2,(H,14,15,16). The number of nitrogens with one attached hydrogen (secondary N) is 1. The van der Waals surface area contributed by atoms with E-state index >= 15 is 0 Å². The molecular formula is C11H15BrClN3O. The van der Waals surface area contributed by atoms with Gasteiger partial charge in [-0.3, -0.25) is 0 Å². The second-order valence-corrected chi connectivity index (χ2v) is 5.23. The van der Waals surface area contributed by atoms with Crippen LogP contribution >= 0.6 is 27.5 Å². The molecule has 0 spiro atoms. The fraction of sp³-hybridized carbons (Fsp3) is 0.636. The molecule has 2 rings (SSSR count). The SMILES string of the molecule is Clc1ncc(Br)c(NCCOC2CCCC2)n1. The van der Waals surface area contributed by atoms with E-state index in [-0.39, 0.29) is 5.28 Å². The Morgan fingerprint density at radius 2 is 2.24 bits per heavy atom. The average Bonchev–Trinajstić information content (AvgIpc) is 2.82. The van der Waals surface area contributed by atoms with Crippen LogP contribution in [0.1, 0.15) is 25.7 Å². The third kappa shape index (κ3) is 4.08. The van der Waals surface area contributed by atoms with Crippen molar-refractivity contribution < 1.29 is 4.74 Å². The zero-order chi connectivity index (χ0) is 12.1. The number of halogens is 2. The summed E-state index contributed by atoms with van der Waals surface area (Å²) in [6.07, 6.45) is 7.08. The molecule has 0 unspecified atom stereocenters. The van der Waals surface area contributed by atoms with Gasteiger partial charge in [-0.05, 0) is 40.4 Å². The highest BCUT2D eigenvalue weighted by molar-refractivity contribution is 9.10. The predicted octanol–water partition coefficient (Wildman–Crippen LogP) is 3.26. The van der Waals surface area contributed by atoms with Gasteiger partial charge in [0.25, 0.3) is 0 Å². The fourth-order valence-corrected chi connectivity index (χ4v) is 2.38. The summed E-state index contributed by atoms with van der Waals surface area (Å²) in [5.74, 6) is 0.708. The Morgan fingerprint density at radius 1 is 1.47 bits per heavy atom. The van der Waals surface area contributed by atoms with Crippen molar-refractivity contribution in [1.82, 2.24) is 9.97 Å². The normalized spacial score (nSPS) is 16.4. The smallest absolute Gasteiger partial charge is 0.224 e. The molecule has 1 aliphatic rings. The zero-order valence-electron chi connectivity index (χ0n) is 9.46. The molecule has 1 aromatic rings. The van der Waals surface area contributed by atoms with Crippen molar-refractivity contribution in [1.29, 1.82) is 0 Å². The van der Waals surface area contributed by atoms with E-state index in [4.69, 9.17) is 16.3 Å². The maximum Gasteiger partial charge on any atom is 0.224 e. The summed E-state index contributed by atoms with van der Waals surface area (Å²) in [5, 5.41) is 3.41. The number of ether oxygens (including phenoxy) is 1. The van der Waals surface area contributed by atoms with Gasteiger partial charge in [0, 0.05) is 12.7 Å². The van der Waals surface area contributed by atoms with E-state index in [9.17, 15) is 0 Å². The topological polar surface area (TPSA) is 47.0 Å². The van der Waals surface area contributed by atoms with Gasteiger partial charge in [0.05, 0.1) is 17.2 Å². The second-order valence-electron chi connectivity index (χ2n) is 4.04. The maximum absolute atomic E-state index is 5.74. The van der Waals surface area contributed by atoms with Crippen LogP contribution in [0.4, 0.5) is 5.82 Å². The Kier molecular flexibility index (Phi) is 5.00. The maximum atomic E-state index is 5.74. The molecule has 17 heavy (non-hydrogen) atoms. The Hall–Kier alpha value is -0.390. The molecule has 0 aliphatic heterocycles. The molecule has 1 heterocycles. The van der Waals surface area contributed by atoms with Gasteiger partial charge < -0.3 is 10.1 Å². The molecule has 1 fully saturated rings. The van der Waals surface area contributed by atoms with Gasteiger partial charge in [-0.25, -0.2) is 4.98 Å². The summed E-state index contributed by atoms with van der Waals surface area (Å²) in [5.41, 5.74) is 0. The number of aromatic nitrogens is 2. The van der Waals surface area contributed by atoms with Crippen LogP contribution in [0.5, 0.6) is 0 Å². The van der Waals surface area contributed by atoms with E-state index in [1.165, 1.54) is 25.7 Å². The van der Waals surface area contributed by atoms with E-state index in [1.54, 1.807) is 6.20 Å². The second kappa shape index (κ2) is 6.52. The van der Waals surface area contributed by atoms with Gasteiger partial charge in [-0.2, -0.15) is 4.98 Å². The van der Waals surface area contributed by atoms with Crippen molar-refractivity contribution >= 4 is 33.3 Å². The van der Waals surface area contributed by atoms with Crippen molar-refractivity contribution in [3.8, 4) is 0 Å².